The fraction of sp³-hybridized carbons (Fsp3) is 0.107. The van der Waals surface area contributed by atoms with Crippen LogP contribution in [0, 0.1) is 6.92 Å². The molecule has 6 nitrogen and oxygen atoms in total. The molecule has 0 aliphatic heterocycles. The van der Waals surface area contributed by atoms with Crippen molar-refractivity contribution in [2.24, 2.45) is 0 Å². The Bertz CT molecular complexity index is 1390. The molecule has 5 aromatic rings. The number of hydrogen-bond donors (Lipinski definition) is 0. The quantitative estimate of drug-likeness (QED) is 0.355. The van der Waals surface area contributed by atoms with Gasteiger partial charge in [0, 0.05) is 31.5 Å². The molecule has 5 rings (SSSR count). The second-order valence-corrected chi connectivity index (χ2v) is 8.20. The average molecular weight is 448 g/mol. The zero-order valence-electron chi connectivity index (χ0n) is 19.2. The third kappa shape index (κ3) is 4.13. The standard InChI is InChI=1S/C28H25N5O/c1-21-26(27(23-10-5-3-6-11-23)30-33(21)25-12-7-4-8-13-25)28(34)31(2)20-22-14-16-24(17-15-22)32-19-9-18-29-32/h3-19H,20H2,1-2H3. The van der Waals surface area contributed by atoms with Gasteiger partial charge in [-0.05, 0) is 42.8 Å². The maximum absolute atomic E-state index is 13.7. The molecule has 0 saturated carbocycles. The fourth-order valence-corrected chi connectivity index (χ4v) is 4.09. The SMILES string of the molecule is Cc1c(C(=O)N(C)Cc2ccc(-n3cccn3)cc2)c(-c2ccccc2)nn1-c1ccccc1. The van der Waals surface area contributed by atoms with E-state index in [0.717, 1.165) is 28.2 Å². The van der Waals surface area contributed by atoms with Crippen molar-refractivity contribution in [3.8, 4) is 22.6 Å². The molecule has 0 N–H and O–H groups in total. The summed E-state index contributed by atoms with van der Waals surface area (Å²) in [5, 5.41) is 9.12. The van der Waals surface area contributed by atoms with Crippen LogP contribution >= 0.6 is 0 Å². The van der Waals surface area contributed by atoms with Crippen molar-refractivity contribution in [3.05, 3.63) is 120 Å². The molecular formula is C28H25N5O. The molecule has 6 heteroatoms. The normalized spacial score (nSPS) is 10.9. The topological polar surface area (TPSA) is 56.0 Å². The van der Waals surface area contributed by atoms with Gasteiger partial charge in [0.05, 0.1) is 22.6 Å². The number of para-hydroxylation sites is 1. The first-order chi connectivity index (χ1) is 16.6. The lowest BCUT2D eigenvalue weighted by atomic mass is 10.0. The van der Waals surface area contributed by atoms with Gasteiger partial charge in [0.15, 0.2) is 0 Å². The second-order valence-electron chi connectivity index (χ2n) is 8.20. The molecule has 3 aromatic carbocycles. The summed E-state index contributed by atoms with van der Waals surface area (Å²) in [5.41, 5.74) is 5.98. The summed E-state index contributed by atoms with van der Waals surface area (Å²) < 4.78 is 3.66. The molecule has 0 aliphatic rings. The highest BCUT2D eigenvalue weighted by atomic mass is 16.2. The van der Waals surface area contributed by atoms with E-state index in [4.69, 9.17) is 5.10 Å². The smallest absolute Gasteiger partial charge is 0.258 e. The predicted octanol–water partition coefficient (Wildman–Crippen LogP) is 5.31. The Morgan fingerprint density at radius 3 is 2.18 bits per heavy atom. The van der Waals surface area contributed by atoms with Gasteiger partial charge in [-0.2, -0.15) is 10.2 Å². The van der Waals surface area contributed by atoms with Crippen LogP contribution in [-0.4, -0.2) is 37.4 Å². The molecule has 2 heterocycles. The molecule has 0 spiro atoms. The molecule has 0 fully saturated rings. The van der Waals surface area contributed by atoms with Gasteiger partial charge in [0.2, 0.25) is 0 Å². The fourth-order valence-electron chi connectivity index (χ4n) is 4.09. The van der Waals surface area contributed by atoms with Gasteiger partial charge in [0.1, 0.15) is 5.69 Å². The molecule has 168 valence electrons. The van der Waals surface area contributed by atoms with Crippen molar-refractivity contribution in [1.82, 2.24) is 24.5 Å². The molecule has 0 bridgehead atoms. The van der Waals surface area contributed by atoms with Crippen LogP contribution in [0.5, 0.6) is 0 Å². The molecule has 0 atom stereocenters. The number of benzene rings is 3. The molecular weight excluding hydrogens is 422 g/mol. The number of nitrogens with zero attached hydrogens (tertiary/aromatic N) is 5. The predicted molar refractivity (Wildman–Crippen MR) is 133 cm³/mol. The van der Waals surface area contributed by atoms with E-state index in [1.54, 1.807) is 11.1 Å². The van der Waals surface area contributed by atoms with Crippen molar-refractivity contribution in [1.29, 1.82) is 0 Å². The highest BCUT2D eigenvalue weighted by Crippen LogP contribution is 2.28. The van der Waals surface area contributed by atoms with Crippen molar-refractivity contribution in [2.75, 3.05) is 7.05 Å². The summed E-state index contributed by atoms with van der Waals surface area (Å²) >= 11 is 0. The summed E-state index contributed by atoms with van der Waals surface area (Å²) in [6, 6.07) is 29.7. The average Bonchev–Trinajstić information content (AvgIpc) is 3.54. The van der Waals surface area contributed by atoms with Crippen molar-refractivity contribution >= 4 is 5.91 Å². The Hall–Kier alpha value is -4.45. The van der Waals surface area contributed by atoms with Crippen LogP contribution in [-0.2, 0) is 6.54 Å². The Morgan fingerprint density at radius 1 is 0.853 bits per heavy atom. The molecule has 0 unspecified atom stereocenters. The van der Waals surface area contributed by atoms with E-state index in [9.17, 15) is 4.79 Å². The van der Waals surface area contributed by atoms with E-state index in [1.165, 1.54) is 0 Å². The minimum atomic E-state index is -0.0605. The Morgan fingerprint density at radius 2 is 1.53 bits per heavy atom. The van der Waals surface area contributed by atoms with Crippen LogP contribution in [0.3, 0.4) is 0 Å². The first-order valence-electron chi connectivity index (χ1n) is 11.2. The van der Waals surface area contributed by atoms with E-state index in [0.29, 0.717) is 17.8 Å². The number of aromatic nitrogens is 4. The number of carbonyl (C=O) groups is 1. The molecule has 0 radical (unpaired) electrons. The van der Waals surface area contributed by atoms with Crippen LogP contribution in [0.1, 0.15) is 21.6 Å². The number of rotatable bonds is 6. The number of carbonyl (C=O) groups excluding carboxylic acids is 1. The molecule has 1 amide bonds. The third-order valence-corrected chi connectivity index (χ3v) is 5.85. The van der Waals surface area contributed by atoms with Crippen LogP contribution in [0.4, 0.5) is 0 Å². The minimum Gasteiger partial charge on any atom is -0.337 e. The van der Waals surface area contributed by atoms with Gasteiger partial charge in [-0.3, -0.25) is 4.79 Å². The molecule has 34 heavy (non-hydrogen) atoms. The van der Waals surface area contributed by atoms with Gasteiger partial charge < -0.3 is 4.90 Å². The lowest BCUT2D eigenvalue weighted by molar-refractivity contribution is 0.0785. The van der Waals surface area contributed by atoms with Crippen LogP contribution < -0.4 is 0 Å². The van der Waals surface area contributed by atoms with Crippen molar-refractivity contribution < 1.29 is 4.79 Å². The Balaban J connectivity index is 1.47. The van der Waals surface area contributed by atoms with Gasteiger partial charge in [0.25, 0.3) is 5.91 Å². The maximum atomic E-state index is 13.7. The van der Waals surface area contributed by atoms with Crippen LogP contribution in [0.2, 0.25) is 0 Å². The van der Waals surface area contributed by atoms with Crippen molar-refractivity contribution in [3.63, 3.8) is 0 Å². The Kier molecular flexibility index (Phi) is 5.79. The van der Waals surface area contributed by atoms with E-state index in [-0.39, 0.29) is 5.91 Å². The second kappa shape index (κ2) is 9.19. The molecule has 0 aliphatic carbocycles. The lowest BCUT2D eigenvalue weighted by Gasteiger charge is -2.18. The van der Waals surface area contributed by atoms with Crippen molar-refractivity contribution in [2.45, 2.75) is 13.5 Å². The zero-order chi connectivity index (χ0) is 23.5. The van der Waals surface area contributed by atoms with Crippen LogP contribution in [0.15, 0.2) is 103 Å². The number of amides is 1. The largest absolute Gasteiger partial charge is 0.337 e. The summed E-state index contributed by atoms with van der Waals surface area (Å²) in [6.45, 7) is 2.44. The molecule has 0 saturated heterocycles. The molecule has 2 aromatic heterocycles. The summed E-state index contributed by atoms with van der Waals surface area (Å²) in [6.07, 6.45) is 3.66. The van der Waals surface area contributed by atoms with Gasteiger partial charge >= 0.3 is 0 Å². The van der Waals surface area contributed by atoms with Crippen LogP contribution in [0.25, 0.3) is 22.6 Å². The Labute approximate surface area is 198 Å². The zero-order valence-corrected chi connectivity index (χ0v) is 19.2. The number of hydrogen-bond acceptors (Lipinski definition) is 3. The van der Waals surface area contributed by atoms with E-state index in [2.05, 4.69) is 5.10 Å². The third-order valence-electron chi connectivity index (χ3n) is 5.85. The summed E-state index contributed by atoms with van der Waals surface area (Å²) in [5.74, 6) is -0.0605. The lowest BCUT2D eigenvalue weighted by Crippen LogP contribution is -2.27. The highest BCUT2D eigenvalue weighted by Gasteiger charge is 2.25. The highest BCUT2D eigenvalue weighted by molar-refractivity contribution is 6.01. The van der Waals surface area contributed by atoms with E-state index < -0.39 is 0 Å². The van der Waals surface area contributed by atoms with Gasteiger partial charge in [-0.1, -0.05) is 60.7 Å². The maximum Gasteiger partial charge on any atom is 0.258 e. The van der Waals surface area contributed by atoms with E-state index in [1.807, 2.05) is 121 Å². The van der Waals surface area contributed by atoms with Gasteiger partial charge in [-0.25, -0.2) is 9.36 Å². The first kappa shape index (κ1) is 21.4. The summed E-state index contributed by atoms with van der Waals surface area (Å²) in [4.78, 5) is 15.5. The summed E-state index contributed by atoms with van der Waals surface area (Å²) in [7, 11) is 1.83. The van der Waals surface area contributed by atoms with Gasteiger partial charge in [-0.15, -0.1) is 0 Å². The van der Waals surface area contributed by atoms with E-state index >= 15 is 0 Å². The monoisotopic (exact) mass is 447 g/mol. The first-order valence-corrected chi connectivity index (χ1v) is 11.2. The minimum absolute atomic E-state index is 0.0605.